The Morgan fingerprint density at radius 1 is 1.27 bits per heavy atom. The number of benzene rings is 1. The minimum absolute atomic E-state index is 0.0601. The quantitative estimate of drug-likeness (QED) is 0.764. The number of alkyl halides is 3. The van der Waals surface area contributed by atoms with Crippen LogP contribution >= 0.6 is 27.3 Å². The van der Waals surface area contributed by atoms with Gasteiger partial charge >= 0.3 is 6.18 Å². The molecule has 0 radical (unpaired) electrons. The number of hydrogen-bond acceptors (Lipinski definition) is 2. The average Bonchev–Trinajstić information content (AvgIpc) is 2.89. The second-order valence-electron chi connectivity index (χ2n) is 4.17. The lowest BCUT2D eigenvalue weighted by Gasteiger charge is -2.05. The fourth-order valence-corrected chi connectivity index (χ4v) is 2.87. The van der Waals surface area contributed by atoms with Crippen molar-refractivity contribution in [2.24, 2.45) is 0 Å². The van der Waals surface area contributed by atoms with Crippen LogP contribution in [0.15, 0.2) is 40.2 Å². The maximum absolute atomic E-state index is 12.5. The fraction of sp³-hybridized carbons (Fsp3) is 0.133. The molecule has 0 aliphatic heterocycles. The first-order valence-electron chi connectivity index (χ1n) is 6.06. The largest absolute Gasteiger partial charge is 0.416 e. The number of hydrogen-bond donors (Lipinski definition) is 1. The van der Waals surface area contributed by atoms with Gasteiger partial charge in [-0.05, 0) is 46.3 Å². The van der Waals surface area contributed by atoms with Gasteiger partial charge in [-0.1, -0.05) is 17.9 Å². The molecule has 0 aliphatic carbocycles. The maximum Gasteiger partial charge on any atom is 0.416 e. The number of thiophene rings is 1. The summed E-state index contributed by atoms with van der Waals surface area (Å²) in [5.74, 6) is 4.96. The maximum atomic E-state index is 12.5. The Labute approximate surface area is 137 Å². The summed E-state index contributed by atoms with van der Waals surface area (Å²) in [6, 6.07) is 8.18. The SMILES string of the molecule is O=C(NCC#Cc1cccc(C(F)(F)F)c1)c1ccc(Br)s1. The van der Waals surface area contributed by atoms with Gasteiger partial charge in [0.25, 0.3) is 5.91 Å². The third kappa shape index (κ3) is 4.61. The molecule has 1 aromatic heterocycles. The van der Waals surface area contributed by atoms with Crippen LogP contribution in [0, 0.1) is 11.8 Å². The van der Waals surface area contributed by atoms with E-state index in [1.165, 1.54) is 23.5 Å². The first-order valence-corrected chi connectivity index (χ1v) is 7.67. The Kier molecular flexibility index (Phi) is 5.27. The molecule has 0 unspecified atom stereocenters. The second kappa shape index (κ2) is 6.99. The highest BCUT2D eigenvalue weighted by Gasteiger charge is 2.30. The molecule has 0 spiro atoms. The van der Waals surface area contributed by atoms with Gasteiger partial charge in [0.15, 0.2) is 0 Å². The first-order chi connectivity index (χ1) is 10.4. The van der Waals surface area contributed by atoms with Crippen LogP contribution in [-0.4, -0.2) is 12.5 Å². The number of rotatable bonds is 2. The van der Waals surface area contributed by atoms with Crippen LogP contribution in [0.1, 0.15) is 20.8 Å². The van der Waals surface area contributed by atoms with Crippen molar-refractivity contribution in [3.8, 4) is 11.8 Å². The van der Waals surface area contributed by atoms with E-state index in [9.17, 15) is 18.0 Å². The smallest absolute Gasteiger partial charge is 0.340 e. The van der Waals surface area contributed by atoms with Crippen molar-refractivity contribution in [3.05, 3.63) is 56.2 Å². The standard InChI is InChI=1S/C15H9BrF3NOS/c16-13-7-6-12(22-13)14(21)20-8-2-4-10-3-1-5-11(9-10)15(17,18)19/h1,3,5-7,9H,8H2,(H,20,21). The zero-order valence-electron chi connectivity index (χ0n) is 11.0. The van der Waals surface area contributed by atoms with Crippen molar-refractivity contribution in [3.63, 3.8) is 0 Å². The molecule has 0 saturated heterocycles. The monoisotopic (exact) mass is 387 g/mol. The van der Waals surface area contributed by atoms with Crippen molar-refractivity contribution >= 4 is 33.2 Å². The van der Waals surface area contributed by atoms with Gasteiger partial charge in [-0.3, -0.25) is 4.79 Å². The molecule has 7 heteroatoms. The predicted octanol–water partition coefficient (Wildman–Crippen LogP) is 4.31. The van der Waals surface area contributed by atoms with Gasteiger partial charge in [0, 0.05) is 5.56 Å². The van der Waals surface area contributed by atoms with E-state index < -0.39 is 11.7 Å². The molecular formula is C15H9BrF3NOS. The van der Waals surface area contributed by atoms with Crippen LogP contribution in [0.5, 0.6) is 0 Å². The van der Waals surface area contributed by atoms with E-state index in [-0.39, 0.29) is 18.0 Å². The summed E-state index contributed by atoms with van der Waals surface area (Å²) in [5, 5.41) is 2.58. The van der Waals surface area contributed by atoms with E-state index >= 15 is 0 Å². The molecule has 1 heterocycles. The van der Waals surface area contributed by atoms with Gasteiger partial charge in [-0.15, -0.1) is 11.3 Å². The molecule has 22 heavy (non-hydrogen) atoms. The van der Waals surface area contributed by atoms with Gasteiger partial charge < -0.3 is 5.32 Å². The lowest BCUT2D eigenvalue weighted by atomic mass is 10.1. The topological polar surface area (TPSA) is 29.1 Å². The summed E-state index contributed by atoms with van der Waals surface area (Å²) < 4.78 is 38.5. The Balaban J connectivity index is 1.96. The summed E-state index contributed by atoms with van der Waals surface area (Å²) in [4.78, 5) is 12.3. The van der Waals surface area contributed by atoms with Crippen molar-refractivity contribution in [1.29, 1.82) is 0 Å². The van der Waals surface area contributed by atoms with E-state index in [4.69, 9.17) is 0 Å². The number of carbonyl (C=O) groups excluding carboxylic acids is 1. The Morgan fingerprint density at radius 3 is 2.68 bits per heavy atom. The summed E-state index contributed by atoms with van der Waals surface area (Å²) in [5.41, 5.74) is -0.491. The van der Waals surface area contributed by atoms with Crippen LogP contribution < -0.4 is 5.32 Å². The average molecular weight is 388 g/mol. The lowest BCUT2D eigenvalue weighted by Crippen LogP contribution is -2.22. The highest BCUT2D eigenvalue weighted by molar-refractivity contribution is 9.11. The minimum atomic E-state index is -4.39. The molecule has 1 aromatic carbocycles. The molecule has 1 N–H and O–H groups in total. The number of carbonyl (C=O) groups is 1. The van der Waals surface area contributed by atoms with Crippen molar-refractivity contribution < 1.29 is 18.0 Å². The molecule has 0 aliphatic rings. The summed E-state index contributed by atoms with van der Waals surface area (Å²) >= 11 is 4.54. The van der Waals surface area contributed by atoms with Gasteiger partial charge in [0.2, 0.25) is 0 Å². The van der Waals surface area contributed by atoms with Crippen LogP contribution in [0.2, 0.25) is 0 Å². The second-order valence-corrected chi connectivity index (χ2v) is 6.63. The van der Waals surface area contributed by atoms with Gasteiger partial charge in [-0.25, -0.2) is 0 Å². The summed E-state index contributed by atoms with van der Waals surface area (Å²) in [7, 11) is 0. The van der Waals surface area contributed by atoms with Crippen LogP contribution in [0.25, 0.3) is 0 Å². The first kappa shape index (κ1) is 16.6. The Bertz CT molecular complexity index is 743. The number of halogens is 4. The van der Waals surface area contributed by atoms with Crippen LogP contribution in [0.4, 0.5) is 13.2 Å². The van der Waals surface area contributed by atoms with Crippen molar-refractivity contribution in [1.82, 2.24) is 5.32 Å². The molecule has 0 bridgehead atoms. The number of nitrogens with one attached hydrogen (secondary N) is 1. The van der Waals surface area contributed by atoms with E-state index in [1.54, 1.807) is 12.1 Å². The van der Waals surface area contributed by atoms with Crippen LogP contribution in [0.3, 0.4) is 0 Å². The van der Waals surface area contributed by atoms with Crippen molar-refractivity contribution in [2.45, 2.75) is 6.18 Å². The molecule has 114 valence electrons. The summed E-state index contributed by atoms with van der Waals surface area (Å²) in [6.45, 7) is 0.0601. The van der Waals surface area contributed by atoms with Gasteiger partial charge in [0.1, 0.15) is 0 Å². The van der Waals surface area contributed by atoms with E-state index in [0.29, 0.717) is 4.88 Å². The number of amides is 1. The molecular weight excluding hydrogens is 379 g/mol. The Morgan fingerprint density at radius 2 is 2.05 bits per heavy atom. The highest BCUT2D eigenvalue weighted by Crippen LogP contribution is 2.29. The van der Waals surface area contributed by atoms with E-state index in [0.717, 1.165) is 15.9 Å². The third-order valence-corrected chi connectivity index (χ3v) is 4.18. The normalized spacial score (nSPS) is 10.7. The lowest BCUT2D eigenvalue weighted by molar-refractivity contribution is -0.137. The van der Waals surface area contributed by atoms with E-state index in [2.05, 4.69) is 33.1 Å². The molecule has 2 aromatic rings. The highest BCUT2D eigenvalue weighted by atomic mass is 79.9. The molecule has 2 rings (SSSR count). The molecule has 1 amide bonds. The Hall–Kier alpha value is -1.78. The zero-order valence-corrected chi connectivity index (χ0v) is 13.4. The molecule has 2 nitrogen and oxygen atoms in total. The predicted molar refractivity (Wildman–Crippen MR) is 82.7 cm³/mol. The minimum Gasteiger partial charge on any atom is -0.340 e. The summed E-state index contributed by atoms with van der Waals surface area (Å²) in [6.07, 6.45) is -4.39. The van der Waals surface area contributed by atoms with Crippen molar-refractivity contribution in [2.75, 3.05) is 6.54 Å². The zero-order chi connectivity index (χ0) is 16.2. The fourth-order valence-electron chi connectivity index (χ4n) is 1.57. The third-order valence-electron chi connectivity index (χ3n) is 2.56. The van der Waals surface area contributed by atoms with Gasteiger partial charge in [0.05, 0.1) is 20.8 Å². The van der Waals surface area contributed by atoms with Gasteiger partial charge in [-0.2, -0.15) is 13.2 Å². The molecule has 0 saturated carbocycles. The molecule has 0 atom stereocenters. The molecule has 0 fully saturated rings. The van der Waals surface area contributed by atoms with E-state index in [1.807, 2.05) is 0 Å². The van der Waals surface area contributed by atoms with Crippen LogP contribution in [-0.2, 0) is 6.18 Å².